The molecule has 0 amide bonds. The maximum absolute atomic E-state index is 9.94. The summed E-state index contributed by atoms with van der Waals surface area (Å²) in [6.45, 7) is 9.67. The summed E-state index contributed by atoms with van der Waals surface area (Å²) >= 11 is 0. The Labute approximate surface area is 96.2 Å². The zero-order valence-corrected chi connectivity index (χ0v) is 10.8. The molecule has 0 bridgehead atoms. The average molecular weight is 272 g/mol. The third kappa shape index (κ3) is 23.3. The van der Waals surface area contributed by atoms with Crippen LogP contribution in [0.3, 0.4) is 0 Å². The standard InChI is InChI=1S/2C4H8O3S/c2*1-4(2)3-8(5,6)7/h2*1,3H2,2H3,(H,5,6,7). The molecule has 0 spiro atoms. The monoisotopic (exact) mass is 272 g/mol. The molecule has 0 fully saturated rings. The van der Waals surface area contributed by atoms with Gasteiger partial charge in [-0.25, -0.2) is 0 Å². The highest BCUT2D eigenvalue weighted by Crippen LogP contribution is 1.92. The van der Waals surface area contributed by atoms with E-state index in [0.29, 0.717) is 11.1 Å². The topological polar surface area (TPSA) is 109 Å². The van der Waals surface area contributed by atoms with Crippen LogP contribution in [0.15, 0.2) is 24.3 Å². The minimum Gasteiger partial charge on any atom is -0.285 e. The molecule has 0 aliphatic carbocycles. The zero-order valence-electron chi connectivity index (χ0n) is 9.17. The van der Waals surface area contributed by atoms with Crippen LogP contribution in [-0.2, 0) is 20.2 Å². The molecular formula is C8H16O6S2. The molecule has 0 rings (SSSR count). The molecule has 96 valence electrons. The average Bonchev–Trinajstić information content (AvgIpc) is 1.72. The Morgan fingerprint density at radius 2 is 1.06 bits per heavy atom. The summed E-state index contributed by atoms with van der Waals surface area (Å²) < 4.78 is 55.9. The normalized spacial score (nSPS) is 11.2. The lowest BCUT2D eigenvalue weighted by Gasteiger charge is -1.90. The third-order valence-corrected chi connectivity index (χ3v) is 2.57. The van der Waals surface area contributed by atoms with Crippen LogP contribution in [0.25, 0.3) is 0 Å². The van der Waals surface area contributed by atoms with Gasteiger partial charge in [-0.05, 0) is 13.8 Å². The second-order valence-corrected chi connectivity index (χ2v) is 6.27. The van der Waals surface area contributed by atoms with Crippen molar-refractivity contribution in [2.24, 2.45) is 0 Å². The minimum absolute atomic E-state index is 0.340. The molecule has 0 aliphatic heterocycles. The molecule has 0 saturated heterocycles. The highest BCUT2D eigenvalue weighted by atomic mass is 32.2. The van der Waals surface area contributed by atoms with Crippen LogP contribution < -0.4 is 0 Å². The van der Waals surface area contributed by atoms with Crippen molar-refractivity contribution in [2.45, 2.75) is 13.8 Å². The largest absolute Gasteiger partial charge is 0.285 e. The van der Waals surface area contributed by atoms with Crippen molar-refractivity contribution in [3.63, 3.8) is 0 Å². The minimum atomic E-state index is -3.82. The van der Waals surface area contributed by atoms with Gasteiger partial charge in [0.2, 0.25) is 0 Å². The van der Waals surface area contributed by atoms with E-state index in [4.69, 9.17) is 9.11 Å². The smallest absolute Gasteiger partial charge is 0.268 e. The summed E-state index contributed by atoms with van der Waals surface area (Å²) in [5.74, 6) is -0.681. The molecule has 0 aromatic heterocycles. The van der Waals surface area contributed by atoms with E-state index in [-0.39, 0.29) is 11.5 Å². The predicted molar refractivity (Wildman–Crippen MR) is 62.5 cm³/mol. The summed E-state index contributed by atoms with van der Waals surface area (Å²) in [6.07, 6.45) is 0. The van der Waals surface area contributed by atoms with Crippen LogP contribution in [0.5, 0.6) is 0 Å². The first-order valence-corrected chi connectivity index (χ1v) is 7.24. The molecule has 0 heterocycles. The molecule has 6 nitrogen and oxygen atoms in total. The van der Waals surface area contributed by atoms with Crippen molar-refractivity contribution in [2.75, 3.05) is 11.5 Å². The van der Waals surface area contributed by atoms with Crippen molar-refractivity contribution in [1.82, 2.24) is 0 Å². The van der Waals surface area contributed by atoms with Gasteiger partial charge in [0, 0.05) is 0 Å². The van der Waals surface area contributed by atoms with E-state index >= 15 is 0 Å². The molecule has 0 unspecified atom stereocenters. The number of hydrogen-bond donors (Lipinski definition) is 2. The summed E-state index contributed by atoms with van der Waals surface area (Å²) in [6, 6.07) is 0. The Balaban J connectivity index is 0. The van der Waals surface area contributed by atoms with Gasteiger partial charge in [-0.2, -0.15) is 16.8 Å². The second-order valence-electron chi connectivity index (χ2n) is 3.37. The first-order chi connectivity index (χ1) is 6.83. The van der Waals surface area contributed by atoms with Gasteiger partial charge in [0.1, 0.15) is 0 Å². The van der Waals surface area contributed by atoms with E-state index < -0.39 is 20.2 Å². The Kier molecular flexibility index (Phi) is 7.51. The van der Waals surface area contributed by atoms with E-state index in [2.05, 4.69) is 13.2 Å². The summed E-state index contributed by atoms with van der Waals surface area (Å²) in [5, 5.41) is 0. The molecule has 0 aromatic carbocycles. The van der Waals surface area contributed by atoms with Gasteiger partial charge in [0.25, 0.3) is 20.2 Å². The fraction of sp³-hybridized carbons (Fsp3) is 0.500. The zero-order chi connectivity index (χ0) is 13.6. The van der Waals surface area contributed by atoms with Crippen LogP contribution in [-0.4, -0.2) is 37.4 Å². The Hall–Kier alpha value is -0.700. The van der Waals surface area contributed by atoms with Gasteiger partial charge < -0.3 is 0 Å². The molecule has 8 heteroatoms. The second kappa shape index (κ2) is 6.79. The van der Waals surface area contributed by atoms with Crippen molar-refractivity contribution in [1.29, 1.82) is 0 Å². The van der Waals surface area contributed by atoms with Gasteiger partial charge in [-0.3, -0.25) is 9.11 Å². The first kappa shape index (κ1) is 17.7. The van der Waals surface area contributed by atoms with Gasteiger partial charge in [0.05, 0.1) is 11.5 Å². The highest BCUT2D eigenvalue weighted by Gasteiger charge is 2.02. The van der Waals surface area contributed by atoms with E-state index in [0.717, 1.165) is 0 Å². The van der Waals surface area contributed by atoms with Crippen molar-refractivity contribution < 1.29 is 25.9 Å². The van der Waals surface area contributed by atoms with E-state index in [1.165, 1.54) is 13.8 Å². The van der Waals surface area contributed by atoms with E-state index in [9.17, 15) is 16.8 Å². The number of rotatable bonds is 4. The summed E-state index contributed by atoms with van der Waals surface area (Å²) in [4.78, 5) is 0. The molecule has 0 saturated carbocycles. The lowest BCUT2D eigenvalue weighted by atomic mass is 10.4. The molecule has 0 atom stereocenters. The molecule has 16 heavy (non-hydrogen) atoms. The first-order valence-electron chi connectivity index (χ1n) is 4.02. The molecule has 0 aliphatic rings. The fourth-order valence-corrected chi connectivity index (χ4v) is 1.87. The van der Waals surface area contributed by atoms with Crippen LogP contribution in [0.2, 0.25) is 0 Å². The third-order valence-electron chi connectivity index (χ3n) is 0.858. The summed E-state index contributed by atoms with van der Waals surface area (Å²) in [7, 11) is -7.65. The lowest BCUT2D eigenvalue weighted by Crippen LogP contribution is -2.03. The Morgan fingerprint density at radius 3 is 1.06 bits per heavy atom. The highest BCUT2D eigenvalue weighted by molar-refractivity contribution is 7.86. The van der Waals surface area contributed by atoms with Gasteiger partial charge in [-0.1, -0.05) is 24.3 Å². The SMILES string of the molecule is C=C(C)CS(=O)(=O)O.C=C(C)CS(=O)(=O)O. The van der Waals surface area contributed by atoms with Crippen molar-refractivity contribution in [3.8, 4) is 0 Å². The fourth-order valence-electron chi connectivity index (χ4n) is 0.623. The van der Waals surface area contributed by atoms with Crippen molar-refractivity contribution >= 4 is 20.2 Å². The Morgan fingerprint density at radius 1 is 0.875 bits per heavy atom. The van der Waals surface area contributed by atoms with Gasteiger partial charge in [-0.15, -0.1) is 0 Å². The quantitative estimate of drug-likeness (QED) is 0.581. The van der Waals surface area contributed by atoms with Gasteiger partial charge >= 0.3 is 0 Å². The number of hydrogen-bond acceptors (Lipinski definition) is 4. The van der Waals surface area contributed by atoms with Gasteiger partial charge in [0.15, 0.2) is 0 Å². The molecule has 2 N–H and O–H groups in total. The van der Waals surface area contributed by atoms with E-state index in [1.54, 1.807) is 0 Å². The predicted octanol–water partition coefficient (Wildman–Crippen LogP) is 0.901. The maximum atomic E-state index is 9.94. The molecular weight excluding hydrogens is 256 g/mol. The summed E-state index contributed by atoms with van der Waals surface area (Å²) in [5.41, 5.74) is 0.875. The molecule has 0 aromatic rings. The Bertz CT molecular complexity index is 399. The van der Waals surface area contributed by atoms with Crippen LogP contribution in [0.4, 0.5) is 0 Å². The van der Waals surface area contributed by atoms with Crippen LogP contribution in [0.1, 0.15) is 13.8 Å². The van der Waals surface area contributed by atoms with E-state index in [1.807, 2.05) is 0 Å². The van der Waals surface area contributed by atoms with Crippen LogP contribution in [0, 0.1) is 0 Å². The van der Waals surface area contributed by atoms with Crippen LogP contribution >= 0.6 is 0 Å². The lowest BCUT2D eigenvalue weighted by molar-refractivity contribution is 0.483. The molecule has 0 radical (unpaired) electrons. The maximum Gasteiger partial charge on any atom is 0.268 e. The van der Waals surface area contributed by atoms with Crippen molar-refractivity contribution in [3.05, 3.63) is 24.3 Å².